The molecule has 0 spiro atoms. The third-order valence-corrected chi connectivity index (χ3v) is 3.50. The van der Waals surface area contributed by atoms with Crippen molar-refractivity contribution in [3.05, 3.63) is 29.8 Å². The average molecular weight is 262 g/mol. The van der Waals surface area contributed by atoms with Gasteiger partial charge < -0.3 is 15.8 Å². The molecule has 1 aliphatic rings. The third-order valence-electron chi connectivity index (χ3n) is 3.50. The van der Waals surface area contributed by atoms with Crippen LogP contribution in [0.5, 0.6) is 5.75 Å². The van der Waals surface area contributed by atoms with Gasteiger partial charge in [-0.1, -0.05) is 25.0 Å². The number of benzene rings is 1. The van der Waals surface area contributed by atoms with Crippen LogP contribution in [0.4, 0.5) is 0 Å². The van der Waals surface area contributed by atoms with Crippen LogP contribution in [0.2, 0.25) is 0 Å². The van der Waals surface area contributed by atoms with Crippen LogP contribution in [0, 0.1) is 0 Å². The quantitative estimate of drug-likeness (QED) is 0.854. The Labute approximate surface area is 114 Å². The topological polar surface area (TPSA) is 64.3 Å². The Bertz CT molecular complexity index is 409. The summed E-state index contributed by atoms with van der Waals surface area (Å²) >= 11 is 0. The van der Waals surface area contributed by atoms with Gasteiger partial charge >= 0.3 is 0 Å². The number of nitrogens with two attached hydrogens (primary N) is 1. The summed E-state index contributed by atoms with van der Waals surface area (Å²) in [6, 6.07) is 7.91. The van der Waals surface area contributed by atoms with Crippen molar-refractivity contribution in [1.82, 2.24) is 5.32 Å². The lowest BCUT2D eigenvalue weighted by Gasteiger charge is -2.13. The van der Waals surface area contributed by atoms with Crippen molar-refractivity contribution in [3.8, 4) is 5.75 Å². The van der Waals surface area contributed by atoms with Gasteiger partial charge in [0.05, 0.1) is 0 Å². The molecule has 1 atom stereocenters. The minimum absolute atomic E-state index is 0.0136. The number of carbonyl (C=O) groups excluding carboxylic acids is 1. The maximum absolute atomic E-state index is 11.7. The fourth-order valence-corrected chi connectivity index (χ4v) is 2.36. The van der Waals surface area contributed by atoms with Crippen molar-refractivity contribution >= 4 is 5.91 Å². The number of rotatable bonds is 5. The van der Waals surface area contributed by atoms with Gasteiger partial charge in [0.1, 0.15) is 5.75 Å². The number of ether oxygens (including phenoxy) is 1. The average Bonchev–Trinajstić information content (AvgIpc) is 2.89. The Morgan fingerprint density at radius 1 is 1.37 bits per heavy atom. The minimum atomic E-state index is -0.0387. The second kappa shape index (κ2) is 6.57. The second-order valence-corrected chi connectivity index (χ2v) is 5.20. The lowest BCUT2D eigenvalue weighted by Crippen LogP contribution is -2.36. The van der Waals surface area contributed by atoms with E-state index in [0.717, 1.165) is 18.4 Å². The highest BCUT2D eigenvalue weighted by atomic mass is 16.5. The van der Waals surface area contributed by atoms with Crippen LogP contribution in [0.1, 0.15) is 44.2 Å². The van der Waals surface area contributed by atoms with E-state index < -0.39 is 0 Å². The smallest absolute Gasteiger partial charge is 0.258 e. The van der Waals surface area contributed by atoms with Crippen LogP contribution >= 0.6 is 0 Å². The molecule has 19 heavy (non-hydrogen) atoms. The highest BCUT2D eigenvalue weighted by Gasteiger charge is 2.17. The molecular formula is C15H22N2O2. The van der Waals surface area contributed by atoms with E-state index in [4.69, 9.17) is 10.5 Å². The number of amides is 1. The zero-order chi connectivity index (χ0) is 13.7. The Hall–Kier alpha value is -1.55. The Morgan fingerprint density at radius 3 is 2.58 bits per heavy atom. The van der Waals surface area contributed by atoms with Crippen molar-refractivity contribution in [3.63, 3.8) is 0 Å². The zero-order valence-electron chi connectivity index (χ0n) is 11.4. The lowest BCUT2D eigenvalue weighted by molar-refractivity contribution is -0.123. The van der Waals surface area contributed by atoms with Crippen molar-refractivity contribution in [2.45, 2.75) is 44.7 Å². The van der Waals surface area contributed by atoms with Gasteiger partial charge in [-0.3, -0.25) is 4.79 Å². The molecule has 1 aromatic rings. The van der Waals surface area contributed by atoms with Crippen molar-refractivity contribution < 1.29 is 9.53 Å². The fourth-order valence-electron chi connectivity index (χ4n) is 2.36. The molecule has 1 aromatic carbocycles. The van der Waals surface area contributed by atoms with E-state index in [1.165, 1.54) is 12.8 Å². The first-order chi connectivity index (χ1) is 9.15. The van der Waals surface area contributed by atoms with E-state index in [9.17, 15) is 4.79 Å². The molecule has 1 amide bonds. The van der Waals surface area contributed by atoms with Gasteiger partial charge in [-0.05, 0) is 37.5 Å². The standard InChI is InChI=1S/C15H22N2O2/c1-11(16)12-6-8-14(9-7-12)19-10-15(18)17-13-4-2-3-5-13/h6-9,11,13H,2-5,10,16H2,1H3,(H,17,18)/t11-/m1/s1. The Morgan fingerprint density at radius 2 is 2.00 bits per heavy atom. The van der Waals surface area contributed by atoms with Crippen LogP contribution in [-0.2, 0) is 4.79 Å². The van der Waals surface area contributed by atoms with Gasteiger partial charge in [0.25, 0.3) is 5.91 Å². The van der Waals surface area contributed by atoms with Crippen LogP contribution in [-0.4, -0.2) is 18.6 Å². The van der Waals surface area contributed by atoms with Gasteiger partial charge in [0.15, 0.2) is 6.61 Å². The molecule has 1 aliphatic carbocycles. The number of nitrogens with one attached hydrogen (secondary N) is 1. The van der Waals surface area contributed by atoms with Gasteiger partial charge in [0.2, 0.25) is 0 Å². The predicted molar refractivity (Wildman–Crippen MR) is 74.9 cm³/mol. The van der Waals surface area contributed by atoms with E-state index >= 15 is 0 Å². The third kappa shape index (κ3) is 4.24. The summed E-state index contributed by atoms with van der Waals surface area (Å²) in [7, 11) is 0. The lowest BCUT2D eigenvalue weighted by atomic mass is 10.1. The first kappa shape index (κ1) is 13.9. The van der Waals surface area contributed by atoms with Gasteiger partial charge in [-0.15, -0.1) is 0 Å². The predicted octanol–water partition coefficient (Wildman–Crippen LogP) is 2.14. The number of hydrogen-bond donors (Lipinski definition) is 2. The molecule has 0 saturated heterocycles. The van der Waals surface area contributed by atoms with Crippen LogP contribution in [0.3, 0.4) is 0 Å². The number of hydrogen-bond acceptors (Lipinski definition) is 3. The molecule has 3 N–H and O–H groups in total. The molecule has 0 aromatic heterocycles. The maximum atomic E-state index is 11.7. The summed E-state index contributed by atoms with van der Waals surface area (Å²) in [5.74, 6) is 0.661. The van der Waals surface area contributed by atoms with E-state index in [-0.39, 0.29) is 18.6 Å². The summed E-state index contributed by atoms with van der Waals surface area (Å²) in [4.78, 5) is 11.7. The summed E-state index contributed by atoms with van der Waals surface area (Å²) < 4.78 is 5.46. The molecule has 1 fully saturated rings. The van der Waals surface area contributed by atoms with Gasteiger partial charge in [-0.2, -0.15) is 0 Å². The molecule has 2 rings (SSSR count). The molecular weight excluding hydrogens is 240 g/mol. The number of carbonyl (C=O) groups is 1. The molecule has 4 nitrogen and oxygen atoms in total. The maximum Gasteiger partial charge on any atom is 0.258 e. The molecule has 0 unspecified atom stereocenters. The molecule has 0 heterocycles. The van der Waals surface area contributed by atoms with E-state index in [2.05, 4.69) is 5.32 Å². The van der Waals surface area contributed by atoms with Crippen LogP contribution < -0.4 is 15.8 Å². The van der Waals surface area contributed by atoms with Crippen molar-refractivity contribution in [2.24, 2.45) is 5.73 Å². The van der Waals surface area contributed by atoms with Crippen molar-refractivity contribution in [2.75, 3.05) is 6.61 Å². The largest absolute Gasteiger partial charge is 0.484 e. The van der Waals surface area contributed by atoms with Crippen LogP contribution in [0.25, 0.3) is 0 Å². The fraction of sp³-hybridized carbons (Fsp3) is 0.533. The molecule has 0 aliphatic heterocycles. The Kier molecular flexibility index (Phi) is 4.80. The highest BCUT2D eigenvalue weighted by molar-refractivity contribution is 5.77. The van der Waals surface area contributed by atoms with Gasteiger partial charge in [0, 0.05) is 12.1 Å². The molecule has 0 radical (unpaired) electrons. The molecule has 104 valence electrons. The normalized spacial score (nSPS) is 17.2. The van der Waals surface area contributed by atoms with E-state index in [0.29, 0.717) is 11.8 Å². The molecule has 4 heteroatoms. The summed E-state index contributed by atoms with van der Waals surface area (Å²) in [6.45, 7) is 2.01. The summed E-state index contributed by atoms with van der Waals surface area (Å²) in [6.07, 6.45) is 4.61. The van der Waals surface area contributed by atoms with E-state index in [1.54, 1.807) is 0 Å². The van der Waals surface area contributed by atoms with Crippen LogP contribution in [0.15, 0.2) is 24.3 Å². The summed E-state index contributed by atoms with van der Waals surface area (Å²) in [5.41, 5.74) is 6.83. The SMILES string of the molecule is C[C@@H](N)c1ccc(OCC(=O)NC2CCCC2)cc1. The highest BCUT2D eigenvalue weighted by Crippen LogP contribution is 2.18. The monoisotopic (exact) mass is 262 g/mol. The van der Waals surface area contributed by atoms with Gasteiger partial charge in [-0.25, -0.2) is 0 Å². The van der Waals surface area contributed by atoms with Crippen molar-refractivity contribution in [1.29, 1.82) is 0 Å². The first-order valence-corrected chi connectivity index (χ1v) is 6.93. The van der Waals surface area contributed by atoms with E-state index in [1.807, 2.05) is 31.2 Å². The Balaban J connectivity index is 1.76. The molecule has 1 saturated carbocycles. The molecule has 0 bridgehead atoms. The zero-order valence-corrected chi connectivity index (χ0v) is 11.4. The second-order valence-electron chi connectivity index (χ2n) is 5.20. The summed E-state index contributed by atoms with van der Waals surface area (Å²) in [5, 5.41) is 2.99. The first-order valence-electron chi connectivity index (χ1n) is 6.93. The minimum Gasteiger partial charge on any atom is -0.484 e.